The summed E-state index contributed by atoms with van der Waals surface area (Å²) in [6.07, 6.45) is -0.0340. The lowest BCUT2D eigenvalue weighted by Gasteiger charge is -2.31. The van der Waals surface area contributed by atoms with Crippen molar-refractivity contribution in [2.24, 2.45) is 5.73 Å². The van der Waals surface area contributed by atoms with Gasteiger partial charge in [0.2, 0.25) is 0 Å². The number of hydrogen-bond donors (Lipinski definition) is 1. The van der Waals surface area contributed by atoms with Crippen LogP contribution in [0.3, 0.4) is 0 Å². The van der Waals surface area contributed by atoms with Crippen LogP contribution in [0.5, 0.6) is 11.5 Å². The first kappa shape index (κ1) is 14.2. The van der Waals surface area contributed by atoms with Gasteiger partial charge in [-0.1, -0.05) is 23.7 Å². The number of fused-ring (bicyclic) bond motifs is 1. The first-order valence-corrected chi connectivity index (χ1v) is 7.02. The topological polar surface area (TPSA) is 44.5 Å². The maximum Gasteiger partial charge on any atom is 0.131 e. The van der Waals surface area contributed by atoms with Gasteiger partial charge in [0.25, 0.3) is 0 Å². The molecule has 3 rings (SSSR count). The Hall–Kier alpha value is -1.78. The van der Waals surface area contributed by atoms with Crippen molar-refractivity contribution in [3.8, 4) is 11.5 Å². The van der Waals surface area contributed by atoms with E-state index in [-0.39, 0.29) is 11.9 Å². The van der Waals surface area contributed by atoms with E-state index in [0.29, 0.717) is 28.5 Å². The van der Waals surface area contributed by atoms with Gasteiger partial charge in [0.15, 0.2) is 0 Å². The van der Waals surface area contributed by atoms with Crippen molar-refractivity contribution in [2.75, 3.05) is 7.11 Å². The Morgan fingerprint density at radius 2 is 2.14 bits per heavy atom. The molecule has 2 N–H and O–H groups in total. The number of methoxy groups -OCH3 is 1. The SMILES string of the molecule is COc1ccc2c(c1)OC(c1c(F)cccc1Cl)C[C@@H]2N. The Balaban J connectivity index is 2.01. The van der Waals surface area contributed by atoms with E-state index in [9.17, 15) is 4.39 Å². The third-order valence-electron chi connectivity index (χ3n) is 3.68. The molecular formula is C16H15ClFNO2. The molecule has 1 aliphatic rings. The van der Waals surface area contributed by atoms with E-state index in [4.69, 9.17) is 26.8 Å². The summed E-state index contributed by atoms with van der Waals surface area (Å²) in [6, 6.07) is 9.82. The highest BCUT2D eigenvalue weighted by molar-refractivity contribution is 6.31. The van der Waals surface area contributed by atoms with Crippen LogP contribution in [0.25, 0.3) is 0 Å². The third kappa shape index (κ3) is 2.57. The molecule has 5 heteroatoms. The Morgan fingerprint density at radius 1 is 1.33 bits per heavy atom. The molecule has 21 heavy (non-hydrogen) atoms. The van der Waals surface area contributed by atoms with Gasteiger partial charge in [-0.15, -0.1) is 0 Å². The van der Waals surface area contributed by atoms with Gasteiger partial charge < -0.3 is 15.2 Å². The number of halogens is 2. The quantitative estimate of drug-likeness (QED) is 0.911. The average Bonchev–Trinajstić information content (AvgIpc) is 2.46. The van der Waals surface area contributed by atoms with Crippen molar-refractivity contribution in [1.82, 2.24) is 0 Å². The molecule has 0 spiro atoms. The summed E-state index contributed by atoms with van der Waals surface area (Å²) < 4.78 is 25.1. The molecule has 0 saturated heterocycles. The van der Waals surface area contributed by atoms with E-state index in [0.717, 1.165) is 5.56 Å². The lowest BCUT2D eigenvalue weighted by Crippen LogP contribution is -2.25. The summed E-state index contributed by atoms with van der Waals surface area (Å²) in [5.74, 6) is 0.893. The van der Waals surface area contributed by atoms with Crippen molar-refractivity contribution < 1.29 is 13.9 Å². The fourth-order valence-electron chi connectivity index (χ4n) is 2.60. The molecule has 0 radical (unpaired) electrons. The molecule has 0 fully saturated rings. The van der Waals surface area contributed by atoms with E-state index < -0.39 is 6.10 Å². The molecule has 3 nitrogen and oxygen atoms in total. The largest absolute Gasteiger partial charge is 0.497 e. The molecule has 0 amide bonds. The van der Waals surface area contributed by atoms with Gasteiger partial charge in [-0.2, -0.15) is 0 Å². The molecule has 2 aromatic carbocycles. The molecule has 2 atom stereocenters. The molecule has 1 heterocycles. The van der Waals surface area contributed by atoms with Crippen LogP contribution in [0.2, 0.25) is 5.02 Å². The number of benzene rings is 2. The van der Waals surface area contributed by atoms with Gasteiger partial charge in [0.1, 0.15) is 23.4 Å². The normalized spacial score (nSPS) is 20.6. The van der Waals surface area contributed by atoms with Crippen LogP contribution in [0.4, 0.5) is 4.39 Å². The predicted molar refractivity (Wildman–Crippen MR) is 79.3 cm³/mol. The Bertz CT molecular complexity index is 657. The molecule has 0 saturated carbocycles. The van der Waals surface area contributed by atoms with Gasteiger partial charge in [-0.05, 0) is 18.2 Å². The van der Waals surface area contributed by atoms with E-state index in [1.165, 1.54) is 6.07 Å². The predicted octanol–water partition coefficient (Wildman–Crippen LogP) is 4.01. The zero-order chi connectivity index (χ0) is 15.0. The van der Waals surface area contributed by atoms with Crippen LogP contribution in [0, 0.1) is 5.82 Å². The number of ether oxygens (including phenoxy) is 2. The number of rotatable bonds is 2. The van der Waals surface area contributed by atoms with Crippen molar-refractivity contribution >= 4 is 11.6 Å². The highest BCUT2D eigenvalue weighted by Crippen LogP contribution is 2.43. The molecule has 0 bridgehead atoms. The Labute approximate surface area is 127 Å². The summed E-state index contributed by atoms with van der Waals surface area (Å²) in [4.78, 5) is 0. The van der Waals surface area contributed by atoms with Crippen LogP contribution < -0.4 is 15.2 Å². The molecular weight excluding hydrogens is 293 g/mol. The first-order chi connectivity index (χ1) is 10.1. The second-order valence-electron chi connectivity index (χ2n) is 4.99. The lowest BCUT2D eigenvalue weighted by atomic mass is 9.93. The summed E-state index contributed by atoms with van der Waals surface area (Å²) in [5.41, 5.74) is 7.42. The Kier molecular flexibility index (Phi) is 3.74. The van der Waals surface area contributed by atoms with Crippen molar-refractivity contribution in [3.63, 3.8) is 0 Å². The van der Waals surface area contributed by atoms with E-state index in [2.05, 4.69) is 0 Å². The molecule has 110 valence electrons. The molecule has 1 aliphatic heterocycles. The highest BCUT2D eigenvalue weighted by Gasteiger charge is 2.30. The minimum absolute atomic E-state index is 0.236. The van der Waals surface area contributed by atoms with Gasteiger partial charge >= 0.3 is 0 Å². The van der Waals surface area contributed by atoms with Crippen molar-refractivity contribution in [3.05, 3.63) is 58.4 Å². The van der Waals surface area contributed by atoms with Gasteiger partial charge in [-0.25, -0.2) is 4.39 Å². The van der Waals surface area contributed by atoms with Gasteiger partial charge in [0.05, 0.1) is 12.1 Å². The first-order valence-electron chi connectivity index (χ1n) is 6.64. The maximum atomic E-state index is 14.1. The maximum absolute atomic E-state index is 14.1. The monoisotopic (exact) mass is 307 g/mol. The third-order valence-corrected chi connectivity index (χ3v) is 4.01. The summed E-state index contributed by atoms with van der Waals surface area (Å²) in [7, 11) is 1.58. The van der Waals surface area contributed by atoms with Gasteiger partial charge in [0, 0.05) is 29.7 Å². The van der Waals surface area contributed by atoms with Crippen LogP contribution in [-0.2, 0) is 0 Å². The zero-order valence-corrected chi connectivity index (χ0v) is 12.2. The van der Waals surface area contributed by atoms with Crippen LogP contribution in [0.15, 0.2) is 36.4 Å². The second-order valence-corrected chi connectivity index (χ2v) is 5.39. The van der Waals surface area contributed by atoms with Crippen LogP contribution in [0.1, 0.15) is 29.7 Å². The molecule has 1 unspecified atom stereocenters. The van der Waals surface area contributed by atoms with Crippen LogP contribution >= 0.6 is 11.6 Å². The number of hydrogen-bond acceptors (Lipinski definition) is 3. The smallest absolute Gasteiger partial charge is 0.131 e. The lowest BCUT2D eigenvalue weighted by molar-refractivity contribution is 0.157. The van der Waals surface area contributed by atoms with Crippen molar-refractivity contribution in [1.29, 1.82) is 0 Å². The van der Waals surface area contributed by atoms with Gasteiger partial charge in [-0.3, -0.25) is 0 Å². The average molecular weight is 308 g/mol. The molecule has 0 aliphatic carbocycles. The molecule has 0 aromatic heterocycles. The zero-order valence-electron chi connectivity index (χ0n) is 11.5. The number of nitrogens with two attached hydrogens (primary N) is 1. The van der Waals surface area contributed by atoms with E-state index in [1.54, 1.807) is 25.3 Å². The summed E-state index contributed by atoms with van der Waals surface area (Å²) in [5, 5.41) is 0.346. The second kappa shape index (κ2) is 5.54. The minimum atomic E-state index is -0.506. The van der Waals surface area contributed by atoms with Crippen molar-refractivity contribution in [2.45, 2.75) is 18.6 Å². The standard InChI is InChI=1S/C16H15ClFNO2/c1-20-9-5-6-10-13(19)8-15(21-14(10)7-9)16-11(17)3-2-4-12(16)18/h2-7,13,15H,8,19H2,1H3/t13-,15?/m0/s1. The fourth-order valence-corrected chi connectivity index (χ4v) is 2.89. The highest BCUT2D eigenvalue weighted by atomic mass is 35.5. The molecule has 2 aromatic rings. The summed E-state index contributed by atoms with van der Waals surface area (Å²) in [6.45, 7) is 0. The summed E-state index contributed by atoms with van der Waals surface area (Å²) >= 11 is 6.11. The van der Waals surface area contributed by atoms with E-state index in [1.807, 2.05) is 12.1 Å². The minimum Gasteiger partial charge on any atom is -0.497 e. The van der Waals surface area contributed by atoms with Crippen LogP contribution in [-0.4, -0.2) is 7.11 Å². The fraction of sp³-hybridized carbons (Fsp3) is 0.250. The Morgan fingerprint density at radius 3 is 2.86 bits per heavy atom. The van der Waals surface area contributed by atoms with E-state index >= 15 is 0 Å².